The molecule has 0 bridgehead atoms. The summed E-state index contributed by atoms with van der Waals surface area (Å²) in [6, 6.07) is 5.75. The van der Waals surface area contributed by atoms with Gasteiger partial charge in [0.25, 0.3) is 0 Å². The van der Waals surface area contributed by atoms with Crippen LogP contribution >= 0.6 is 11.6 Å². The highest BCUT2D eigenvalue weighted by Crippen LogP contribution is 2.25. The van der Waals surface area contributed by atoms with Crippen molar-refractivity contribution in [3.8, 4) is 11.4 Å². The Balaban J connectivity index is 2.58. The molecule has 0 fully saturated rings. The van der Waals surface area contributed by atoms with E-state index < -0.39 is 0 Å². The normalized spacial score (nSPS) is 10.5. The average molecular weight is 237 g/mol. The number of aromatic nitrogens is 3. The number of halogens is 1. The molecule has 4 nitrogen and oxygen atoms in total. The quantitative estimate of drug-likeness (QED) is 0.871. The summed E-state index contributed by atoms with van der Waals surface area (Å²) in [5, 5.41) is 11.9. The molecule has 0 aliphatic heterocycles. The lowest BCUT2D eigenvalue weighted by molar-refractivity contribution is 0.924. The summed E-state index contributed by atoms with van der Waals surface area (Å²) >= 11 is 5.99. The van der Waals surface area contributed by atoms with Crippen molar-refractivity contribution in [3.05, 3.63) is 28.8 Å². The highest BCUT2D eigenvalue weighted by molar-refractivity contribution is 6.30. The molecular weight excluding hydrogens is 224 g/mol. The van der Waals surface area contributed by atoms with Crippen molar-refractivity contribution in [1.29, 1.82) is 0 Å². The number of hydrogen-bond acceptors (Lipinski definition) is 3. The zero-order chi connectivity index (χ0) is 11.7. The molecule has 0 saturated carbocycles. The molecule has 2 rings (SSSR count). The van der Waals surface area contributed by atoms with Gasteiger partial charge in [0.05, 0.1) is 0 Å². The van der Waals surface area contributed by atoms with E-state index in [4.69, 9.17) is 11.6 Å². The van der Waals surface area contributed by atoms with Gasteiger partial charge in [-0.15, -0.1) is 10.2 Å². The minimum atomic E-state index is 0.703. The van der Waals surface area contributed by atoms with E-state index in [0.29, 0.717) is 5.02 Å². The molecule has 0 radical (unpaired) electrons. The molecule has 5 heteroatoms. The first-order chi connectivity index (χ1) is 7.63. The molecule has 0 unspecified atom stereocenters. The first-order valence-corrected chi connectivity index (χ1v) is 5.35. The Hall–Kier alpha value is -1.55. The maximum absolute atomic E-state index is 5.99. The largest absolute Gasteiger partial charge is 0.357 e. The van der Waals surface area contributed by atoms with Gasteiger partial charge in [-0.05, 0) is 24.6 Å². The molecule has 1 aromatic carbocycles. The topological polar surface area (TPSA) is 42.7 Å². The van der Waals surface area contributed by atoms with Gasteiger partial charge in [-0.25, -0.2) is 0 Å². The van der Waals surface area contributed by atoms with Crippen molar-refractivity contribution in [3.63, 3.8) is 0 Å². The molecule has 0 saturated heterocycles. The van der Waals surface area contributed by atoms with E-state index in [9.17, 15) is 0 Å². The van der Waals surface area contributed by atoms with Gasteiger partial charge in [0.2, 0.25) is 5.95 Å². The van der Waals surface area contributed by atoms with Gasteiger partial charge in [0.15, 0.2) is 5.82 Å². The van der Waals surface area contributed by atoms with E-state index in [1.165, 1.54) is 0 Å². The lowest BCUT2D eigenvalue weighted by atomic mass is 10.1. The Morgan fingerprint density at radius 1 is 1.31 bits per heavy atom. The van der Waals surface area contributed by atoms with Gasteiger partial charge in [-0.3, -0.25) is 4.57 Å². The number of benzene rings is 1. The van der Waals surface area contributed by atoms with Crippen LogP contribution in [0.25, 0.3) is 11.4 Å². The highest BCUT2D eigenvalue weighted by Gasteiger charge is 2.11. The molecule has 1 N–H and O–H groups in total. The van der Waals surface area contributed by atoms with Crippen molar-refractivity contribution in [2.45, 2.75) is 6.92 Å². The van der Waals surface area contributed by atoms with Crippen LogP contribution in [-0.2, 0) is 7.05 Å². The van der Waals surface area contributed by atoms with Crippen molar-refractivity contribution in [1.82, 2.24) is 14.8 Å². The molecular formula is C11H13ClN4. The first kappa shape index (κ1) is 11.0. The number of nitrogens with zero attached hydrogens (tertiary/aromatic N) is 3. The molecule has 0 amide bonds. The van der Waals surface area contributed by atoms with Crippen LogP contribution < -0.4 is 5.32 Å². The van der Waals surface area contributed by atoms with E-state index in [1.807, 2.05) is 43.8 Å². The average Bonchev–Trinajstić information content (AvgIpc) is 2.63. The van der Waals surface area contributed by atoms with Gasteiger partial charge in [-0.1, -0.05) is 17.7 Å². The van der Waals surface area contributed by atoms with Crippen molar-refractivity contribution in [2.24, 2.45) is 7.05 Å². The Morgan fingerprint density at radius 3 is 2.69 bits per heavy atom. The number of hydrogen-bond donors (Lipinski definition) is 1. The Labute approximate surface area is 99.3 Å². The maximum Gasteiger partial charge on any atom is 0.224 e. The number of rotatable bonds is 2. The van der Waals surface area contributed by atoms with Crippen LogP contribution in [-0.4, -0.2) is 21.8 Å². The van der Waals surface area contributed by atoms with Crippen LogP contribution in [0.4, 0.5) is 5.95 Å². The third-order valence-corrected chi connectivity index (χ3v) is 2.77. The molecule has 0 aliphatic rings. The Bertz CT molecular complexity index is 519. The second-order valence-electron chi connectivity index (χ2n) is 3.62. The zero-order valence-corrected chi connectivity index (χ0v) is 10.2. The van der Waals surface area contributed by atoms with E-state index in [1.54, 1.807) is 0 Å². The fourth-order valence-electron chi connectivity index (χ4n) is 1.62. The molecule has 2 aromatic rings. The van der Waals surface area contributed by atoms with Gasteiger partial charge in [0, 0.05) is 24.7 Å². The van der Waals surface area contributed by atoms with Crippen LogP contribution in [0.1, 0.15) is 5.56 Å². The van der Waals surface area contributed by atoms with Gasteiger partial charge in [0.1, 0.15) is 0 Å². The fourth-order valence-corrected chi connectivity index (χ4v) is 1.79. The Morgan fingerprint density at radius 2 is 2.06 bits per heavy atom. The van der Waals surface area contributed by atoms with E-state index in [-0.39, 0.29) is 0 Å². The molecule has 0 aliphatic carbocycles. The smallest absolute Gasteiger partial charge is 0.224 e. The summed E-state index contributed by atoms with van der Waals surface area (Å²) in [6.07, 6.45) is 0. The molecule has 0 spiro atoms. The highest BCUT2D eigenvalue weighted by atomic mass is 35.5. The minimum Gasteiger partial charge on any atom is -0.357 e. The van der Waals surface area contributed by atoms with Gasteiger partial charge < -0.3 is 5.32 Å². The standard InChI is InChI=1S/C11H13ClN4/c1-7-4-5-8(12)6-9(7)10-14-15-11(13-2)16(10)3/h4-6H,1-3H3,(H,13,15). The van der Waals surface area contributed by atoms with Gasteiger partial charge in [-0.2, -0.15) is 0 Å². The van der Waals surface area contributed by atoms with E-state index in [0.717, 1.165) is 22.9 Å². The summed E-state index contributed by atoms with van der Waals surface area (Å²) in [7, 11) is 3.74. The van der Waals surface area contributed by atoms with Crippen molar-refractivity contribution in [2.75, 3.05) is 12.4 Å². The summed E-state index contributed by atoms with van der Waals surface area (Å²) in [5.74, 6) is 1.54. The zero-order valence-electron chi connectivity index (χ0n) is 9.45. The molecule has 84 valence electrons. The van der Waals surface area contributed by atoms with E-state index in [2.05, 4.69) is 15.5 Å². The molecule has 1 heterocycles. The lowest BCUT2D eigenvalue weighted by Crippen LogP contribution is -2.00. The minimum absolute atomic E-state index is 0.703. The van der Waals surface area contributed by atoms with Crippen molar-refractivity contribution >= 4 is 17.5 Å². The van der Waals surface area contributed by atoms with Crippen LogP contribution in [0.5, 0.6) is 0 Å². The lowest BCUT2D eigenvalue weighted by Gasteiger charge is -2.06. The van der Waals surface area contributed by atoms with Crippen LogP contribution in [0.3, 0.4) is 0 Å². The third-order valence-electron chi connectivity index (χ3n) is 2.54. The SMILES string of the molecule is CNc1nnc(-c2cc(Cl)ccc2C)n1C. The Kier molecular flexibility index (Phi) is 2.83. The number of aryl methyl sites for hydroxylation is 1. The maximum atomic E-state index is 5.99. The van der Waals surface area contributed by atoms with Crippen LogP contribution in [0, 0.1) is 6.92 Å². The summed E-state index contributed by atoms with van der Waals surface area (Å²) in [4.78, 5) is 0. The molecule has 16 heavy (non-hydrogen) atoms. The monoisotopic (exact) mass is 236 g/mol. The van der Waals surface area contributed by atoms with Gasteiger partial charge >= 0.3 is 0 Å². The third kappa shape index (κ3) is 1.76. The second-order valence-corrected chi connectivity index (χ2v) is 4.05. The first-order valence-electron chi connectivity index (χ1n) is 4.97. The summed E-state index contributed by atoms with van der Waals surface area (Å²) in [6.45, 7) is 2.03. The summed E-state index contributed by atoms with van der Waals surface area (Å²) in [5.41, 5.74) is 2.13. The predicted molar refractivity (Wildman–Crippen MR) is 65.7 cm³/mol. The van der Waals surface area contributed by atoms with Crippen LogP contribution in [0.15, 0.2) is 18.2 Å². The molecule has 1 aromatic heterocycles. The molecule has 0 atom stereocenters. The second kappa shape index (κ2) is 4.14. The number of nitrogens with one attached hydrogen (secondary N) is 1. The fraction of sp³-hybridized carbons (Fsp3) is 0.273. The number of anilines is 1. The van der Waals surface area contributed by atoms with Crippen LogP contribution in [0.2, 0.25) is 5.02 Å². The summed E-state index contributed by atoms with van der Waals surface area (Å²) < 4.78 is 1.90. The van der Waals surface area contributed by atoms with E-state index >= 15 is 0 Å². The van der Waals surface area contributed by atoms with Crippen molar-refractivity contribution < 1.29 is 0 Å². The predicted octanol–water partition coefficient (Wildman–Crippen LogP) is 2.49.